The fourth-order valence-corrected chi connectivity index (χ4v) is 7.19. The fourth-order valence-electron chi connectivity index (χ4n) is 7.19. The van der Waals surface area contributed by atoms with Crippen LogP contribution in [0.4, 0.5) is 0 Å². The molecule has 1 N–H and O–H groups in total. The molecule has 5 aromatic rings. The van der Waals surface area contributed by atoms with Crippen molar-refractivity contribution in [1.29, 1.82) is 5.26 Å². The van der Waals surface area contributed by atoms with Gasteiger partial charge < -0.3 is 4.98 Å². The molecule has 4 aromatic carbocycles. The molecule has 2 heteroatoms. The van der Waals surface area contributed by atoms with Gasteiger partial charge in [-0.25, -0.2) is 0 Å². The standard InChI is InChI=1S/C36H34N2/c1-35(2,3)18-26-27(19-37)31-29-21-11-7-9-13-23(21)30(24-14-10-8-12-22(24)29)33(31)32-25-17-20(36(4,5)6)15-16-28(25)38-34(26)32/h7-17,29-30,38H,18H2,1-6H3. The number of H-pyrrole nitrogens is 1. The van der Waals surface area contributed by atoms with Crippen LogP contribution in [0.3, 0.4) is 0 Å². The molecule has 3 aliphatic carbocycles. The van der Waals surface area contributed by atoms with Gasteiger partial charge in [0.2, 0.25) is 0 Å². The summed E-state index contributed by atoms with van der Waals surface area (Å²) in [5.74, 6) is 0.203. The minimum atomic E-state index is 0.0458. The summed E-state index contributed by atoms with van der Waals surface area (Å²) in [7, 11) is 0. The first-order valence-electron chi connectivity index (χ1n) is 13.8. The Bertz CT molecular complexity index is 1780. The summed E-state index contributed by atoms with van der Waals surface area (Å²) in [6.07, 6.45) is 0.847. The number of aromatic amines is 1. The Balaban J connectivity index is 1.71. The molecule has 0 unspecified atom stereocenters. The van der Waals surface area contributed by atoms with E-state index in [1.807, 2.05) is 0 Å². The molecule has 2 bridgehead atoms. The minimum Gasteiger partial charge on any atom is -0.354 e. The molecule has 0 spiro atoms. The molecule has 38 heavy (non-hydrogen) atoms. The Morgan fingerprint density at radius 1 is 0.763 bits per heavy atom. The lowest BCUT2D eigenvalue weighted by molar-refractivity contribution is 0.412. The van der Waals surface area contributed by atoms with E-state index in [4.69, 9.17) is 0 Å². The van der Waals surface area contributed by atoms with Crippen LogP contribution in [0.1, 0.15) is 103 Å². The first kappa shape index (κ1) is 23.3. The Hall–Kier alpha value is -3.83. The van der Waals surface area contributed by atoms with E-state index in [-0.39, 0.29) is 22.7 Å². The maximum absolute atomic E-state index is 10.8. The number of hydrogen-bond donors (Lipinski definition) is 1. The van der Waals surface area contributed by atoms with Crippen LogP contribution in [-0.4, -0.2) is 4.98 Å². The third-order valence-corrected chi connectivity index (χ3v) is 8.73. The van der Waals surface area contributed by atoms with Crippen LogP contribution in [0.15, 0.2) is 66.7 Å². The molecule has 0 atom stereocenters. The molecule has 0 aliphatic heterocycles. The van der Waals surface area contributed by atoms with Crippen molar-refractivity contribution in [3.63, 3.8) is 0 Å². The first-order chi connectivity index (χ1) is 18.1. The molecule has 0 radical (unpaired) electrons. The summed E-state index contributed by atoms with van der Waals surface area (Å²) in [5.41, 5.74) is 13.9. The van der Waals surface area contributed by atoms with E-state index in [9.17, 15) is 5.26 Å². The van der Waals surface area contributed by atoms with E-state index in [0.717, 1.165) is 23.0 Å². The van der Waals surface area contributed by atoms with Crippen LogP contribution in [0, 0.1) is 16.7 Å². The third kappa shape index (κ3) is 3.11. The Morgan fingerprint density at radius 3 is 1.82 bits per heavy atom. The number of aromatic nitrogens is 1. The molecule has 0 saturated heterocycles. The predicted octanol–water partition coefficient (Wildman–Crippen LogP) is 9.07. The lowest BCUT2D eigenvalue weighted by Crippen LogP contribution is -2.29. The summed E-state index contributed by atoms with van der Waals surface area (Å²) in [5, 5.41) is 13.4. The van der Waals surface area contributed by atoms with Crippen molar-refractivity contribution in [3.05, 3.63) is 117 Å². The van der Waals surface area contributed by atoms with Crippen molar-refractivity contribution in [2.24, 2.45) is 5.41 Å². The van der Waals surface area contributed by atoms with Crippen molar-refractivity contribution >= 4 is 21.8 Å². The topological polar surface area (TPSA) is 39.6 Å². The second-order valence-corrected chi connectivity index (χ2v) is 13.5. The molecule has 1 heterocycles. The number of rotatable bonds is 1. The number of nitriles is 1. The van der Waals surface area contributed by atoms with Gasteiger partial charge in [-0.05, 0) is 73.9 Å². The van der Waals surface area contributed by atoms with E-state index in [0.29, 0.717) is 0 Å². The highest BCUT2D eigenvalue weighted by molar-refractivity contribution is 6.12. The maximum Gasteiger partial charge on any atom is 0.0998 e. The van der Waals surface area contributed by atoms with Gasteiger partial charge in [-0.1, -0.05) is 96.1 Å². The Kier molecular flexibility index (Phi) is 4.66. The summed E-state index contributed by atoms with van der Waals surface area (Å²) in [6, 6.07) is 27.5. The second kappa shape index (κ2) is 7.61. The molecule has 0 saturated carbocycles. The van der Waals surface area contributed by atoms with E-state index in [1.165, 1.54) is 55.3 Å². The predicted molar refractivity (Wildman–Crippen MR) is 157 cm³/mol. The average Bonchev–Trinajstić information content (AvgIpc) is 3.26. The van der Waals surface area contributed by atoms with Gasteiger partial charge in [-0.15, -0.1) is 0 Å². The largest absolute Gasteiger partial charge is 0.354 e. The van der Waals surface area contributed by atoms with Crippen molar-refractivity contribution in [1.82, 2.24) is 4.98 Å². The van der Waals surface area contributed by atoms with Crippen molar-refractivity contribution in [3.8, 4) is 6.07 Å². The summed E-state index contributed by atoms with van der Waals surface area (Å²) in [6.45, 7) is 13.7. The molecule has 3 aliphatic rings. The van der Waals surface area contributed by atoms with Gasteiger partial charge in [-0.3, -0.25) is 0 Å². The smallest absolute Gasteiger partial charge is 0.0998 e. The zero-order chi connectivity index (χ0) is 26.6. The van der Waals surface area contributed by atoms with Crippen LogP contribution in [0.5, 0.6) is 0 Å². The number of nitrogens with one attached hydrogen (secondary N) is 1. The van der Waals surface area contributed by atoms with Gasteiger partial charge in [0, 0.05) is 28.1 Å². The molecule has 0 fully saturated rings. The van der Waals surface area contributed by atoms with Gasteiger partial charge in [-0.2, -0.15) is 5.26 Å². The number of hydrogen-bond acceptors (Lipinski definition) is 1. The Labute approximate surface area is 225 Å². The first-order valence-corrected chi connectivity index (χ1v) is 13.8. The monoisotopic (exact) mass is 494 g/mol. The Morgan fingerprint density at radius 2 is 1.32 bits per heavy atom. The van der Waals surface area contributed by atoms with Gasteiger partial charge in [0.15, 0.2) is 0 Å². The minimum absolute atomic E-state index is 0.0458. The van der Waals surface area contributed by atoms with Crippen LogP contribution in [-0.2, 0) is 11.8 Å². The van der Waals surface area contributed by atoms with Crippen LogP contribution in [0.25, 0.3) is 21.8 Å². The van der Waals surface area contributed by atoms with Crippen LogP contribution < -0.4 is 0 Å². The lowest BCUT2D eigenvalue weighted by Gasteiger charge is -2.43. The van der Waals surface area contributed by atoms with Gasteiger partial charge in [0.1, 0.15) is 0 Å². The molecule has 2 nitrogen and oxygen atoms in total. The normalized spacial score (nSPS) is 17.8. The number of fused-ring (bicyclic) bond motifs is 3. The molecule has 188 valence electrons. The summed E-state index contributed by atoms with van der Waals surface area (Å²) < 4.78 is 0. The molecular formula is C36H34N2. The van der Waals surface area contributed by atoms with E-state index < -0.39 is 0 Å². The SMILES string of the molecule is CC(C)(C)Cc1c(C#N)c2c(c3c1[nH]c1ccc(C(C)(C)C)cc13)C1c3ccccc3C2c2ccccc21. The van der Waals surface area contributed by atoms with Crippen molar-refractivity contribution in [2.75, 3.05) is 0 Å². The highest BCUT2D eigenvalue weighted by atomic mass is 14.7. The third-order valence-electron chi connectivity index (χ3n) is 8.73. The van der Waals surface area contributed by atoms with Gasteiger partial charge in [0.05, 0.1) is 17.1 Å². The summed E-state index contributed by atoms with van der Waals surface area (Å²) >= 11 is 0. The molecular weight excluding hydrogens is 460 g/mol. The quantitative estimate of drug-likeness (QED) is 0.243. The zero-order valence-electron chi connectivity index (χ0n) is 23.2. The van der Waals surface area contributed by atoms with Crippen LogP contribution >= 0.6 is 0 Å². The second-order valence-electron chi connectivity index (χ2n) is 13.5. The highest BCUT2D eigenvalue weighted by Gasteiger charge is 2.45. The molecule has 0 amide bonds. The zero-order valence-corrected chi connectivity index (χ0v) is 23.2. The fraction of sp³-hybridized carbons (Fsp3) is 0.306. The van der Waals surface area contributed by atoms with Crippen molar-refractivity contribution in [2.45, 2.75) is 65.2 Å². The van der Waals surface area contributed by atoms with E-state index >= 15 is 0 Å². The molecule has 1 aromatic heterocycles. The average molecular weight is 495 g/mol. The lowest BCUT2D eigenvalue weighted by atomic mass is 9.59. The molecule has 8 rings (SSSR count). The van der Waals surface area contributed by atoms with Gasteiger partial charge in [0.25, 0.3) is 0 Å². The number of benzene rings is 4. The van der Waals surface area contributed by atoms with E-state index in [2.05, 4.69) is 119 Å². The van der Waals surface area contributed by atoms with Gasteiger partial charge >= 0.3 is 0 Å². The highest BCUT2D eigenvalue weighted by Crippen LogP contribution is 2.59. The van der Waals surface area contributed by atoms with Crippen molar-refractivity contribution < 1.29 is 0 Å². The van der Waals surface area contributed by atoms with E-state index in [1.54, 1.807) is 0 Å². The number of nitrogens with zero attached hydrogens (tertiary/aromatic N) is 1. The maximum atomic E-state index is 10.8. The summed E-state index contributed by atoms with van der Waals surface area (Å²) in [4.78, 5) is 3.83. The van der Waals surface area contributed by atoms with Crippen LogP contribution in [0.2, 0.25) is 0 Å².